The van der Waals surface area contributed by atoms with E-state index >= 15 is 0 Å². The van der Waals surface area contributed by atoms with Gasteiger partial charge in [-0.25, -0.2) is 0 Å². The highest BCUT2D eigenvalue weighted by atomic mass is 16.4. The molecule has 0 heterocycles. The van der Waals surface area contributed by atoms with Crippen LogP contribution in [0.4, 0.5) is 0 Å². The number of aliphatic carboxylic acids is 4. The summed E-state index contributed by atoms with van der Waals surface area (Å²) in [5.41, 5.74) is 0. The van der Waals surface area contributed by atoms with Gasteiger partial charge in [-0.05, 0) is 12.8 Å². The molecule has 0 atom stereocenters. The SMILES string of the molecule is CC(=O)O.CCC(=O)O.CCCC(=O)O.CCCCC(=O)O. The van der Waals surface area contributed by atoms with Crippen molar-refractivity contribution in [1.82, 2.24) is 0 Å². The first-order valence-electron chi connectivity index (χ1n) is 6.89. The molecule has 8 nitrogen and oxygen atoms in total. The highest BCUT2D eigenvalue weighted by Crippen LogP contribution is 1.91. The number of carboxylic acids is 4. The second-order valence-corrected chi connectivity index (χ2v) is 3.91. The smallest absolute Gasteiger partial charge is 0.303 e. The highest BCUT2D eigenvalue weighted by Gasteiger charge is 1.90. The van der Waals surface area contributed by atoms with Gasteiger partial charge < -0.3 is 20.4 Å². The lowest BCUT2D eigenvalue weighted by Crippen LogP contribution is -1.91. The second-order valence-electron chi connectivity index (χ2n) is 3.91. The number of rotatable bonds is 6. The van der Waals surface area contributed by atoms with Crippen molar-refractivity contribution >= 4 is 23.9 Å². The van der Waals surface area contributed by atoms with Gasteiger partial charge in [-0.3, -0.25) is 19.2 Å². The fourth-order valence-electron chi connectivity index (χ4n) is 0.542. The fourth-order valence-corrected chi connectivity index (χ4v) is 0.542. The van der Waals surface area contributed by atoms with Crippen LogP contribution in [0.1, 0.15) is 66.2 Å². The second kappa shape index (κ2) is 23.9. The van der Waals surface area contributed by atoms with Gasteiger partial charge in [-0.1, -0.05) is 27.2 Å². The van der Waals surface area contributed by atoms with Gasteiger partial charge in [0.15, 0.2) is 0 Å². The first kappa shape index (κ1) is 28.1. The maximum atomic E-state index is 9.76. The zero-order valence-corrected chi connectivity index (χ0v) is 13.7. The molecule has 0 radical (unpaired) electrons. The molecule has 0 aromatic carbocycles. The Labute approximate surface area is 130 Å². The Morgan fingerprint density at radius 3 is 1.05 bits per heavy atom. The summed E-state index contributed by atoms with van der Waals surface area (Å²) in [5.74, 6) is -2.98. The third kappa shape index (κ3) is 108. The molecule has 0 bridgehead atoms. The number of hydrogen-bond acceptors (Lipinski definition) is 4. The van der Waals surface area contributed by atoms with Crippen molar-refractivity contribution < 1.29 is 39.6 Å². The Kier molecular flexibility index (Phi) is 30.6. The van der Waals surface area contributed by atoms with Crippen LogP contribution in [0.2, 0.25) is 0 Å². The van der Waals surface area contributed by atoms with E-state index in [0.717, 1.165) is 26.2 Å². The van der Waals surface area contributed by atoms with E-state index in [1.165, 1.54) is 0 Å². The van der Waals surface area contributed by atoms with Gasteiger partial charge >= 0.3 is 17.9 Å². The molecule has 0 saturated carbocycles. The average Bonchev–Trinajstić information content (AvgIpc) is 2.36. The minimum absolute atomic E-state index is 0.222. The summed E-state index contributed by atoms with van der Waals surface area (Å²) in [6.07, 6.45) is 3.33. The third-order valence-electron chi connectivity index (χ3n) is 1.51. The normalized spacial score (nSPS) is 7.82. The van der Waals surface area contributed by atoms with Crippen LogP contribution in [-0.2, 0) is 19.2 Å². The van der Waals surface area contributed by atoms with Gasteiger partial charge in [0, 0.05) is 26.2 Å². The van der Waals surface area contributed by atoms with Crippen molar-refractivity contribution in [2.75, 3.05) is 0 Å². The van der Waals surface area contributed by atoms with Crippen molar-refractivity contribution in [2.24, 2.45) is 0 Å². The van der Waals surface area contributed by atoms with E-state index in [1.54, 1.807) is 6.92 Å². The Morgan fingerprint density at radius 1 is 0.682 bits per heavy atom. The molecule has 0 aliphatic rings. The molecule has 0 fully saturated rings. The van der Waals surface area contributed by atoms with E-state index in [0.29, 0.717) is 12.8 Å². The van der Waals surface area contributed by atoms with Gasteiger partial charge in [-0.2, -0.15) is 0 Å². The molecule has 0 spiro atoms. The van der Waals surface area contributed by atoms with E-state index in [4.69, 9.17) is 25.2 Å². The van der Waals surface area contributed by atoms with Crippen LogP contribution < -0.4 is 0 Å². The fraction of sp³-hybridized carbons (Fsp3) is 0.714. The third-order valence-corrected chi connectivity index (χ3v) is 1.51. The van der Waals surface area contributed by atoms with Crippen molar-refractivity contribution in [1.29, 1.82) is 0 Å². The lowest BCUT2D eigenvalue weighted by Gasteiger charge is -1.85. The Bertz CT molecular complexity index is 295. The summed E-state index contributed by atoms with van der Waals surface area (Å²) in [6, 6.07) is 0. The maximum Gasteiger partial charge on any atom is 0.303 e. The van der Waals surface area contributed by atoms with E-state index < -0.39 is 23.9 Å². The summed E-state index contributed by atoms with van der Waals surface area (Å²) in [6.45, 7) is 6.50. The largest absolute Gasteiger partial charge is 0.481 e. The van der Waals surface area contributed by atoms with Crippen LogP contribution in [0.3, 0.4) is 0 Å². The van der Waals surface area contributed by atoms with Crippen LogP contribution in [0.25, 0.3) is 0 Å². The van der Waals surface area contributed by atoms with E-state index in [1.807, 2.05) is 13.8 Å². The van der Waals surface area contributed by atoms with Crippen LogP contribution in [0.15, 0.2) is 0 Å². The van der Waals surface area contributed by atoms with Crippen LogP contribution in [0, 0.1) is 0 Å². The molecule has 8 heteroatoms. The molecular weight excluding hydrogens is 296 g/mol. The first-order valence-corrected chi connectivity index (χ1v) is 6.89. The average molecular weight is 324 g/mol. The number of unbranched alkanes of at least 4 members (excludes halogenated alkanes) is 1. The molecule has 22 heavy (non-hydrogen) atoms. The predicted octanol–water partition coefficient (Wildman–Crippen LogP) is 2.70. The predicted molar refractivity (Wildman–Crippen MR) is 80.9 cm³/mol. The molecule has 4 N–H and O–H groups in total. The zero-order valence-electron chi connectivity index (χ0n) is 13.7. The summed E-state index contributed by atoms with van der Waals surface area (Å²) in [5, 5.41) is 31.1. The molecule has 0 aromatic rings. The van der Waals surface area contributed by atoms with Crippen LogP contribution >= 0.6 is 0 Å². The van der Waals surface area contributed by atoms with Crippen molar-refractivity contribution in [3.8, 4) is 0 Å². The van der Waals surface area contributed by atoms with Crippen molar-refractivity contribution in [3.05, 3.63) is 0 Å². The van der Waals surface area contributed by atoms with Gasteiger partial charge in [-0.15, -0.1) is 0 Å². The van der Waals surface area contributed by atoms with Gasteiger partial charge in [0.05, 0.1) is 0 Å². The summed E-state index contributed by atoms with van der Waals surface area (Å²) < 4.78 is 0. The lowest BCUT2D eigenvalue weighted by atomic mass is 10.3. The van der Waals surface area contributed by atoms with Crippen LogP contribution in [-0.4, -0.2) is 44.3 Å². The number of hydrogen-bond donors (Lipinski definition) is 4. The molecule has 132 valence electrons. The van der Waals surface area contributed by atoms with Gasteiger partial charge in [0.1, 0.15) is 0 Å². The topological polar surface area (TPSA) is 149 Å². The lowest BCUT2D eigenvalue weighted by molar-refractivity contribution is -0.138. The molecule has 0 aliphatic carbocycles. The summed E-state index contributed by atoms with van der Waals surface area (Å²) in [4.78, 5) is 37.7. The maximum absolute atomic E-state index is 9.76. The van der Waals surface area contributed by atoms with Crippen LogP contribution in [0.5, 0.6) is 0 Å². The molecule has 0 saturated heterocycles. The molecule has 0 amide bonds. The van der Waals surface area contributed by atoms with E-state index in [9.17, 15) is 14.4 Å². The number of carbonyl (C=O) groups is 4. The summed E-state index contributed by atoms with van der Waals surface area (Å²) >= 11 is 0. The Balaban J connectivity index is -0.000000100. The first-order chi connectivity index (χ1) is 10.0. The zero-order chi connectivity index (χ0) is 18.6. The molecule has 0 aliphatic heterocycles. The minimum Gasteiger partial charge on any atom is -0.481 e. The minimum atomic E-state index is -0.833. The van der Waals surface area contributed by atoms with E-state index in [-0.39, 0.29) is 6.42 Å². The number of carboxylic acid groups (broad SMARTS) is 4. The van der Waals surface area contributed by atoms with Gasteiger partial charge in [0.2, 0.25) is 0 Å². The Hall–Kier alpha value is -2.12. The monoisotopic (exact) mass is 324 g/mol. The van der Waals surface area contributed by atoms with Crippen molar-refractivity contribution in [3.63, 3.8) is 0 Å². The standard InChI is InChI=1S/C5H10O2.C4H8O2.C3H6O2.C2H4O2/c1-2-3-4-5(6)7;1-2-3-4(5)6;1-2-3(4)5;1-2(3)4/h2-4H2,1H3,(H,6,7);2-3H2,1H3,(H,5,6);2H2,1H3,(H,4,5);1H3,(H,3,4). The van der Waals surface area contributed by atoms with Gasteiger partial charge in [0.25, 0.3) is 5.97 Å². The van der Waals surface area contributed by atoms with Crippen molar-refractivity contribution in [2.45, 2.75) is 66.2 Å². The van der Waals surface area contributed by atoms with E-state index in [2.05, 4.69) is 0 Å². The summed E-state index contributed by atoms with van der Waals surface area (Å²) in [7, 11) is 0. The molecule has 0 unspecified atom stereocenters. The Morgan fingerprint density at radius 2 is 1.00 bits per heavy atom. The quantitative estimate of drug-likeness (QED) is 0.582. The molecular formula is C14H28O8. The molecule has 0 rings (SSSR count). The molecule has 0 aromatic heterocycles. The highest BCUT2D eigenvalue weighted by molar-refractivity contribution is 5.66.